The fourth-order valence-corrected chi connectivity index (χ4v) is 6.36. The second-order valence-electron chi connectivity index (χ2n) is 10.8. The highest BCUT2D eigenvalue weighted by atomic mass is 32.1. The Morgan fingerprint density at radius 1 is 1.10 bits per heavy atom. The molecule has 0 saturated carbocycles. The Balaban J connectivity index is 1.23. The Bertz CT molecular complexity index is 1510. The lowest BCUT2D eigenvalue weighted by atomic mass is 9.98. The summed E-state index contributed by atoms with van der Waals surface area (Å²) >= 11 is 1.39. The van der Waals surface area contributed by atoms with Gasteiger partial charge >= 0.3 is 0 Å². The molecule has 0 radical (unpaired) electrons. The third-order valence-corrected chi connectivity index (χ3v) is 8.80. The number of nitrogen functional groups attached to an aromatic ring is 1. The summed E-state index contributed by atoms with van der Waals surface area (Å²) in [5.74, 6) is -2.22. The molecule has 2 aromatic carbocycles. The molecule has 3 heterocycles. The zero-order valence-corrected chi connectivity index (χ0v) is 24.7. The van der Waals surface area contributed by atoms with Crippen molar-refractivity contribution in [2.75, 3.05) is 26.3 Å². The largest absolute Gasteiger partial charge is 0.384 e. The van der Waals surface area contributed by atoms with Crippen LogP contribution in [0, 0.1) is 19.3 Å². The van der Waals surface area contributed by atoms with Crippen LogP contribution in [0.3, 0.4) is 0 Å². The van der Waals surface area contributed by atoms with Crippen LogP contribution in [-0.4, -0.2) is 66.6 Å². The number of carbonyl (C=O) groups excluding carboxylic acids is 3. The summed E-state index contributed by atoms with van der Waals surface area (Å²) in [5.41, 5.74) is 11.0. The first-order valence-corrected chi connectivity index (χ1v) is 14.7. The normalized spacial score (nSPS) is 18.2. The smallest absolute Gasteiger partial charge is 0.251 e. The standard InChI is InChI=1S/C31H35N5O5S/c1-18-4-9-24(19(2)12-18)21-5-7-22(8-6-21)29(38)34-15-27(37)36-17-31(40-10-11-41-31)14-25(36)30(39)35-20(3)26-13-23(16-42-26)28(32)33/h4-9,12-13,16,20,25H,10-11,14-15,17H2,1-3H3,(H3,32,33)(H,34,38)(H,35,39)/t20-,25?/m1/s1. The first-order chi connectivity index (χ1) is 20.0. The number of benzene rings is 2. The molecule has 3 aromatic rings. The summed E-state index contributed by atoms with van der Waals surface area (Å²) in [6.45, 7) is 6.51. The molecule has 2 aliphatic rings. The van der Waals surface area contributed by atoms with E-state index in [0.717, 1.165) is 21.6 Å². The van der Waals surface area contributed by atoms with E-state index in [1.54, 1.807) is 23.6 Å². The van der Waals surface area contributed by atoms with Crippen molar-refractivity contribution in [2.24, 2.45) is 5.73 Å². The van der Waals surface area contributed by atoms with Crippen LogP contribution in [0.15, 0.2) is 53.9 Å². The Morgan fingerprint density at radius 3 is 2.45 bits per heavy atom. The molecule has 0 aliphatic carbocycles. The van der Waals surface area contributed by atoms with E-state index in [-0.39, 0.29) is 43.2 Å². The highest BCUT2D eigenvalue weighted by Crippen LogP contribution is 2.35. The molecule has 1 spiro atoms. The van der Waals surface area contributed by atoms with Gasteiger partial charge in [0, 0.05) is 27.8 Å². The van der Waals surface area contributed by atoms with Crippen LogP contribution < -0.4 is 16.4 Å². The predicted octanol–water partition coefficient (Wildman–Crippen LogP) is 3.27. The minimum Gasteiger partial charge on any atom is -0.384 e. The van der Waals surface area contributed by atoms with Crippen molar-refractivity contribution in [3.8, 4) is 11.1 Å². The van der Waals surface area contributed by atoms with E-state index in [1.165, 1.54) is 21.8 Å². The highest BCUT2D eigenvalue weighted by molar-refractivity contribution is 7.10. The molecule has 3 amide bonds. The van der Waals surface area contributed by atoms with Crippen molar-refractivity contribution < 1.29 is 23.9 Å². The summed E-state index contributed by atoms with van der Waals surface area (Å²) < 4.78 is 11.6. The van der Waals surface area contributed by atoms with Crippen molar-refractivity contribution in [2.45, 2.75) is 45.1 Å². The number of amides is 3. The maximum atomic E-state index is 13.4. The van der Waals surface area contributed by atoms with E-state index in [9.17, 15) is 14.4 Å². The van der Waals surface area contributed by atoms with E-state index >= 15 is 0 Å². The maximum absolute atomic E-state index is 13.4. The average molecular weight is 590 g/mol. The number of rotatable bonds is 8. The fourth-order valence-electron chi connectivity index (χ4n) is 5.44. The Hall–Kier alpha value is -4.06. The van der Waals surface area contributed by atoms with E-state index < -0.39 is 17.7 Å². The van der Waals surface area contributed by atoms with Gasteiger partial charge in [-0.25, -0.2) is 0 Å². The van der Waals surface area contributed by atoms with Crippen molar-refractivity contribution >= 4 is 34.9 Å². The molecule has 220 valence electrons. The molecule has 0 bridgehead atoms. The molecular weight excluding hydrogens is 554 g/mol. The molecule has 10 nitrogen and oxygen atoms in total. The molecule has 1 aromatic heterocycles. The number of thiophene rings is 1. The topological polar surface area (TPSA) is 147 Å². The highest BCUT2D eigenvalue weighted by Gasteiger charge is 2.52. The molecule has 5 N–H and O–H groups in total. The number of hydrogen-bond donors (Lipinski definition) is 4. The number of hydrogen-bond acceptors (Lipinski definition) is 7. The van der Waals surface area contributed by atoms with E-state index in [1.807, 2.05) is 26.0 Å². The third kappa shape index (κ3) is 6.23. The van der Waals surface area contributed by atoms with Crippen molar-refractivity contribution in [1.29, 1.82) is 5.41 Å². The zero-order valence-electron chi connectivity index (χ0n) is 23.9. The Morgan fingerprint density at radius 2 is 1.81 bits per heavy atom. The van der Waals surface area contributed by atoms with Gasteiger partial charge in [-0.15, -0.1) is 11.3 Å². The van der Waals surface area contributed by atoms with Gasteiger partial charge in [0.15, 0.2) is 5.79 Å². The predicted molar refractivity (Wildman–Crippen MR) is 160 cm³/mol. The minimum absolute atomic E-state index is 0.0413. The quantitative estimate of drug-likeness (QED) is 0.234. The molecule has 11 heteroatoms. The molecule has 1 unspecified atom stereocenters. The van der Waals surface area contributed by atoms with Gasteiger partial charge < -0.3 is 30.7 Å². The molecule has 2 atom stereocenters. The summed E-state index contributed by atoms with van der Waals surface area (Å²) in [4.78, 5) is 41.9. The van der Waals surface area contributed by atoms with Gasteiger partial charge in [-0.05, 0) is 55.7 Å². The average Bonchev–Trinajstić information content (AvgIpc) is 3.72. The van der Waals surface area contributed by atoms with Gasteiger partial charge in [-0.2, -0.15) is 0 Å². The summed E-state index contributed by atoms with van der Waals surface area (Å²) in [6, 6.07) is 14.1. The maximum Gasteiger partial charge on any atom is 0.251 e. The van der Waals surface area contributed by atoms with Gasteiger partial charge in [0.25, 0.3) is 5.91 Å². The van der Waals surface area contributed by atoms with E-state index in [2.05, 4.69) is 35.8 Å². The Kier molecular flexibility index (Phi) is 8.44. The van der Waals surface area contributed by atoms with Crippen molar-refractivity contribution in [3.63, 3.8) is 0 Å². The van der Waals surface area contributed by atoms with Gasteiger partial charge in [-0.1, -0.05) is 35.9 Å². The van der Waals surface area contributed by atoms with Crippen LogP contribution in [0.4, 0.5) is 0 Å². The monoisotopic (exact) mass is 589 g/mol. The molecule has 42 heavy (non-hydrogen) atoms. The first kappa shape index (κ1) is 29.4. The van der Waals surface area contributed by atoms with Crippen LogP contribution in [0.1, 0.15) is 51.3 Å². The van der Waals surface area contributed by atoms with Gasteiger partial charge in [0.2, 0.25) is 11.8 Å². The molecule has 2 saturated heterocycles. The summed E-state index contributed by atoms with van der Waals surface area (Å²) in [6.07, 6.45) is 0.189. The van der Waals surface area contributed by atoms with Gasteiger partial charge in [-0.3, -0.25) is 19.8 Å². The van der Waals surface area contributed by atoms with Crippen LogP contribution in [0.25, 0.3) is 11.1 Å². The second-order valence-corrected chi connectivity index (χ2v) is 11.8. The van der Waals surface area contributed by atoms with Gasteiger partial charge in [0.05, 0.1) is 32.3 Å². The molecular formula is C31H35N5O5S. The number of nitrogens with one attached hydrogen (secondary N) is 3. The number of amidine groups is 1. The Labute approximate surface area is 248 Å². The number of carbonyl (C=O) groups is 3. The van der Waals surface area contributed by atoms with Gasteiger partial charge in [0.1, 0.15) is 11.9 Å². The van der Waals surface area contributed by atoms with Crippen molar-refractivity contribution in [3.05, 3.63) is 81.0 Å². The number of nitrogens with zero attached hydrogens (tertiary/aromatic N) is 1. The van der Waals surface area contributed by atoms with Crippen molar-refractivity contribution in [1.82, 2.24) is 15.5 Å². The number of nitrogens with two attached hydrogens (primary N) is 1. The SMILES string of the molecule is Cc1ccc(-c2ccc(C(=O)NCC(=O)N3CC4(CC3C(=O)N[C@H](C)c3cc(C(=N)N)cs3)OCCO4)cc2)c(C)c1. The third-order valence-electron chi connectivity index (χ3n) is 7.68. The minimum atomic E-state index is -1.04. The van der Waals surface area contributed by atoms with Crippen LogP contribution in [-0.2, 0) is 19.1 Å². The number of aryl methyl sites for hydroxylation is 2. The van der Waals surface area contributed by atoms with Crippen LogP contribution in [0.5, 0.6) is 0 Å². The lowest BCUT2D eigenvalue weighted by molar-refractivity contribution is -0.152. The lowest BCUT2D eigenvalue weighted by Gasteiger charge is -2.25. The molecule has 2 fully saturated rings. The van der Waals surface area contributed by atoms with E-state index in [0.29, 0.717) is 24.3 Å². The summed E-state index contributed by atoms with van der Waals surface area (Å²) in [7, 11) is 0. The second kappa shape index (κ2) is 12.0. The molecule has 5 rings (SSSR count). The first-order valence-electron chi connectivity index (χ1n) is 13.8. The zero-order chi connectivity index (χ0) is 30.0. The van der Waals surface area contributed by atoms with E-state index in [4.69, 9.17) is 20.6 Å². The lowest BCUT2D eigenvalue weighted by Crippen LogP contribution is -2.49. The number of ether oxygens (including phenoxy) is 2. The van der Waals surface area contributed by atoms with Crippen LogP contribution >= 0.6 is 11.3 Å². The molecule has 2 aliphatic heterocycles. The number of likely N-dealkylation sites (tertiary alicyclic amines) is 1. The summed E-state index contributed by atoms with van der Waals surface area (Å²) in [5, 5.41) is 15.0. The fraction of sp³-hybridized carbons (Fsp3) is 0.355. The van der Waals surface area contributed by atoms with Crippen LogP contribution in [0.2, 0.25) is 0 Å².